The summed E-state index contributed by atoms with van der Waals surface area (Å²) < 4.78 is 3.22. The number of anilines is 1. The highest BCUT2D eigenvalue weighted by Gasteiger charge is 2.17. The number of benzene rings is 1. The summed E-state index contributed by atoms with van der Waals surface area (Å²) in [7, 11) is 0. The molecule has 0 atom stereocenters. The Balaban J connectivity index is 1.86. The van der Waals surface area contributed by atoms with E-state index in [9.17, 15) is 9.59 Å². The Morgan fingerprint density at radius 1 is 1.26 bits per heavy atom. The molecule has 3 rings (SSSR count). The summed E-state index contributed by atoms with van der Waals surface area (Å²) in [6.45, 7) is 4.01. The van der Waals surface area contributed by atoms with Crippen molar-refractivity contribution in [2.24, 2.45) is 0 Å². The predicted molar refractivity (Wildman–Crippen MR) is 84.1 cm³/mol. The third kappa shape index (κ3) is 2.96. The molecule has 0 bridgehead atoms. The monoisotopic (exact) mass is 312 g/mol. The summed E-state index contributed by atoms with van der Waals surface area (Å²) in [5.41, 5.74) is 1.42. The SMILES string of the molecule is CCn1cc(NC(=O)Cn2c(C(C)=O)nc3ccccc32)nn1. The molecule has 1 aromatic carbocycles. The zero-order valence-electron chi connectivity index (χ0n) is 12.9. The minimum absolute atomic E-state index is 0.0194. The van der Waals surface area contributed by atoms with Gasteiger partial charge in [0.1, 0.15) is 6.54 Å². The normalized spacial score (nSPS) is 10.9. The Morgan fingerprint density at radius 2 is 2.04 bits per heavy atom. The molecule has 0 saturated heterocycles. The molecule has 0 saturated carbocycles. The lowest BCUT2D eigenvalue weighted by molar-refractivity contribution is -0.116. The number of para-hydroxylation sites is 2. The average Bonchev–Trinajstić information content (AvgIpc) is 3.12. The molecule has 0 fully saturated rings. The smallest absolute Gasteiger partial charge is 0.245 e. The van der Waals surface area contributed by atoms with E-state index >= 15 is 0 Å². The van der Waals surface area contributed by atoms with Crippen LogP contribution in [0.3, 0.4) is 0 Å². The van der Waals surface area contributed by atoms with Crippen LogP contribution in [-0.2, 0) is 17.9 Å². The molecule has 23 heavy (non-hydrogen) atoms. The van der Waals surface area contributed by atoms with Crippen molar-refractivity contribution in [3.05, 3.63) is 36.3 Å². The number of hydrogen-bond acceptors (Lipinski definition) is 5. The van der Waals surface area contributed by atoms with Crippen molar-refractivity contribution in [3.63, 3.8) is 0 Å². The minimum atomic E-state index is -0.293. The second kappa shape index (κ2) is 5.99. The second-order valence-corrected chi connectivity index (χ2v) is 5.07. The number of rotatable bonds is 5. The zero-order valence-corrected chi connectivity index (χ0v) is 12.9. The van der Waals surface area contributed by atoms with Crippen LogP contribution < -0.4 is 5.32 Å². The van der Waals surface area contributed by atoms with E-state index in [0.29, 0.717) is 17.9 Å². The quantitative estimate of drug-likeness (QED) is 0.720. The molecule has 0 aliphatic heterocycles. The molecule has 1 N–H and O–H groups in total. The van der Waals surface area contributed by atoms with Crippen LogP contribution in [0.25, 0.3) is 11.0 Å². The molecule has 1 amide bonds. The highest BCUT2D eigenvalue weighted by atomic mass is 16.2. The van der Waals surface area contributed by atoms with Crippen molar-refractivity contribution in [2.45, 2.75) is 26.9 Å². The molecule has 2 heterocycles. The van der Waals surface area contributed by atoms with Crippen LogP contribution in [0.15, 0.2) is 30.5 Å². The van der Waals surface area contributed by atoms with Gasteiger partial charge in [-0.15, -0.1) is 5.10 Å². The molecule has 0 radical (unpaired) electrons. The first-order valence-electron chi connectivity index (χ1n) is 7.24. The summed E-state index contributed by atoms with van der Waals surface area (Å²) in [6, 6.07) is 7.32. The first-order chi connectivity index (χ1) is 11.1. The fourth-order valence-electron chi connectivity index (χ4n) is 2.34. The van der Waals surface area contributed by atoms with Crippen LogP contribution in [-0.4, -0.2) is 36.2 Å². The van der Waals surface area contributed by atoms with Gasteiger partial charge in [0.15, 0.2) is 17.4 Å². The van der Waals surface area contributed by atoms with E-state index in [1.54, 1.807) is 15.4 Å². The van der Waals surface area contributed by atoms with E-state index in [1.807, 2.05) is 31.2 Å². The van der Waals surface area contributed by atoms with Gasteiger partial charge < -0.3 is 9.88 Å². The van der Waals surface area contributed by atoms with E-state index in [2.05, 4.69) is 20.6 Å². The molecule has 3 aromatic rings. The summed E-state index contributed by atoms with van der Waals surface area (Å²) >= 11 is 0. The van der Waals surface area contributed by atoms with Gasteiger partial charge in [-0.05, 0) is 19.1 Å². The van der Waals surface area contributed by atoms with Gasteiger partial charge in [-0.3, -0.25) is 14.3 Å². The highest BCUT2D eigenvalue weighted by molar-refractivity contribution is 5.97. The second-order valence-electron chi connectivity index (χ2n) is 5.07. The number of fused-ring (bicyclic) bond motifs is 1. The third-order valence-corrected chi connectivity index (χ3v) is 3.40. The third-order valence-electron chi connectivity index (χ3n) is 3.40. The zero-order chi connectivity index (χ0) is 16.4. The number of carbonyl (C=O) groups excluding carboxylic acids is 2. The van der Waals surface area contributed by atoms with Gasteiger partial charge in [0.05, 0.1) is 17.2 Å². The van der Waals surface area contributed by atoms with Gasteiger partial charge in [0, 0.05) is 13.5 Å². The number of imidazole rings is 1. The summed E-state index contributed by atoms with van der Waals surface area (Å²) in [4.78, 5) is 28.3. The summed E-state index contributed by atoms with van der Waals surface area (Å²) in [5, 5.41) is 10.4. The topological polar surface area (TPSA) is 94.7 Å². The fourth-order valence-corrected chi connectivity index (χ4v) is 2.34. The minimum Gasteiger partial charge on any atom is -0.312 e. The average molecular weight is 312 g/mol. The van der Waals surface area contributed by atoms with E-state index in [-0.39, 0.29) is 24.1 Å². The maximum Gasteiger partial charge on any atom is 0.245 e. The largest absolute Gasteiger partial charge is 0.312 e. The van der Waals surface area contributed by atoms with E-state index in [0.717, 1.165) is 5.52 Å². The molecular formula is C15H16N6O2. The van der Waals surface area contributed by atoms with Crippen molar-refractivity contribution < 1.29 is 9.59 Å². The molecule has 0 spiro atoms. The summed E-state index contributed by atoms with van der Waals surface area (Å²) in [5.74, 6) is 0.161. The molecule has 2 aromatic heterocycles. The van der Waals surface area contributed by atoms with Crippen LogP contribution in [0.4, 0.5) is 5.82 Å². The fraction of sp³-hybridized carbons (Fsp3) is 0.267. The maximum absolute atomic E-state index is 12.2. The number of ketones is 1. The molecule has 8 heteroatoms. The number of aromatic nitrogens is 5. The first-order valence-corrected chi connectivity index (χ1v) is 7.24. The van der Waals surface area contributed by atoms with Crippen molar-refractivity contribution in [2.75, 3.05) is 5.32 Å². The Labute approximate surface area is 132 Å². The molecule has 118 valence electrons. The molecule has 0 unspecified atom stereocenters. The Bertz CT molecular complexity index is 879. The van der Waals surface area contributed by atoms with Crippen molar-refractivity contribution in [1.82, 2.24) is 24.5 Å². The molecule has 0 aliphatic rings. The summed E-state index contributed by atoms with van der Waals surface area (Å²) in [6.07, 6.45) is 1.65. The Hall–Kier alpha value is -3.03. The van der Waals surface area contributed by atoms with Crippen LogP contribution in [0, 0.1) is 0 Å². The number of Topliss-reactive ketones (excluding diaryl/α,β-unsaturated/α-hetero) is 1. The van der Waals surface area contributed by atoms with E-state index in [4.69, 9.17) is 0 Å². The molecular weight excluding hydrogens is 296 g/mol. The van der Waals surface area contributed by atoms with Gasteiger partial charge in [-0.25, -0.2) is 4.98 Å². The standard InChI is InChI=1S/C15H16N6O2/c1-3-20-8-13(18-19-20)17-14(23)9-21-12-7-5-4-6-11(12)16-15(21)10(2)22/h4-8H,3,9H2,1-2H3,(H,17,23). The molecule has 0 aliphatic carbocycles. The van der Waals surface area contributed by atoms with Gasteiger partial charge in [0.25, 0.3) is 0 Å². The Morgan fingerprint density at radius 3 is 2.74 bits per heavy atom. The highest BCUT2D eigenvalue weighted by Crippen LogP contribution is 2.16. The lowest BCUT2D eigenvalue weighted by Gasteiger charge is -2.07. The molecule has 8 nitrogen and oxygen atoms in total. The van der Waals surface area contributed by atoms with Crippen molar-refractivity contribution >= 4 is 28.5 Å². The number of amides is 1. The van der Waals surface area contributed by atoms with Gasteiger partial charge >= 0.3 is 0 Å². The lowest BCUT2D eigenvalue weighted by Crippen LogP contribution is -2.21. The van der Waals surface area contributed by atoms with E-state index < -0.39 is 0 Å². The number of nitrogens with one attached hydrogen (secondary N) is 1. The van der Waals surface area contributed by atoms with Crippen molar-refractivity contribution in [3.8, 4) is 0 Å². The van der Waals surface area contributed by atoms with Gasteiger partial charge in [-0.1, -0.05) is 17.3 Å². The van der Waals surface area contributed by atoms with Gasteiger partial charge in [-0.2, -0.15) is 0 Å². The maximum atomic E-state index is 12.2. The van der Waals surface area contributed by atoms with E-state index in [1.165, 1.54) is 6.92 Å². The first kappa shape index (κ1) is 14.9. The van der Waals surface area contributed by atoms with Gasteiger partial charge in [0.2, 0.25) is 5.91 Å². The number of hydrogen-bond donors (Lipinski definition) is 1. The van der Waals surface area contributed by atoms with Crippen LogP contribution in [0.5, 0.6) is 0 Å². The predicted octanol–water partition coefficient (Wildman–Crippen LogP) is 1.49. The van der Waals surface area contributed by atoms with Crippen LogP contribution in [0.2, 0.25) is 0 Å². The number of aryl methyl sites for hydroxylation is 1. The number of nitrogens with zero attached hydrogens (tertiary/aromatic N) is 5. The van der Waals surface area contributed by atoms with Crippen LogP contribution >= 0.6 is 0 Å². The number of carbonyl (C=O) groups is 2. The Kier molecular flexibility index (Phi) is 3.88. The van der Waals surface area contributed by atoms with Crippen molar-refractivity contribution in [1.29, 1.82) is 0 Å². The van der Waals surface area contributed by atoms with Crippen LogP contribution in [0.1, 0.15) is 24.5 Å². The lowest BCUT2D eigenvalue weighted by atomic mass is 10.3.